The second-order valence-corrected chi connectivity index (χ2v) is 8.66. The molecule has 0 radical (unpaired) electrons. The Balaban J connectivity index is 1.46. The quantitative estimate of drug-likeness (QED) is 0.507. The number of carbonyl (C=O) groups is 2. The Morgan fingerprint density at radius 3 is 2.88 bits per heavy atom. The maximum Gasteiger partial charge on any atom is 0.265 e. The second kappa shape index (κ2) is 9.72. The molecule has 1 N–H and O–H groups in total. The molecule has 0 aliphatic carbocycles. The normalized spacial score (nSPS) is 13.8. The number of nitrogens with zero attached hydrogens (tertiary/aromatic N) is 4. The van der Waals surface area contributed by atoms with Crippen molar-refractivity contribution in [1.82, 2.24) is 14.8 Å². The molecule has 11 heteroatoms. The van der Waals surface area contributed by atoms with Gasteiger partial charge in [-0.1, -0.05) is 35.5 Å². The molecule has 1 aliphatic heterocycles. The number of hydrogen-bond donors (Lipinski definition) is 1. The van der Waals surface area contributed by atoms with E-state index in [1.165, 1.54) is 18.9 Å². The van der Waals surface area contributed by atoms with Crippen LogP contribution in [0.5, 0.6) is 11.5 Å². The largest absolute Gasteiger partial charge is 0.495 e. The number of aromatic nitrogens is 3. The lowest BCUT2D eigenvalue weighted by molar-refractivity contribution is -0.121. The van der Waals surface area contributed by atoms with E-state index in [2.05, 4.69) is 15.5 Å². The molecule has 1 atom stereocenters. The van der Waals surface area contributed by atoms with E-state index in [0.717, 1.165) is 0 Å². The molecule has 33 heavy (non-hydrogen) atoms. The number of carbonyl (C=O) groups excluding carboxylic acids is 2. The van der Waals surface area contributed by atoms with Crippen LogP contribution in [0, 0.1) is 0 Å². The molecule has 9 nitrogen and oxygen atoms in total. The number of benzene rings is 2. The zero-order valence-corrected chi connectivity index (χ0v) is 19.8. The Morgan fingerprint density at radius 2 is 2.09 bits per heavy atom. The summed E-state index contributed by atoms with van der Waals surface area (Å²) in [5.74, 6) is 1.47. The third-order valence-corrected chi connectivity index (χ3v) is 6.40. The van der Waals surface area contributed by atoms with Gasteiger partial charge in [0.05, 0.1) is 30.3 Å². The first-order valence-electron chi connectivity index (χ1n) is 10.1. The van der Waals surface area contributed by atoms with E-state index >= 15 is 0 Å². The molecule has 0 unspecified atom stereocenters. The average Bonchev–Trinajstić information content (AvgIpc) is 3.17. The standard InChI is InChI=1S/C22H22ClN5O4S/c1-13(28-16-6-4-5-7-18(16)32-11-20(28)30)21-25-26-22(27(21)2)33-12-19(29)24-15-10-14(23)8-9-17(15)31-3/h4-10,13H,11-12H2,1-3H3,(H,24,29)/t13-/m0/s1. The molecule has 0 saturated heterocycles. The molecular formula is C22H22ClN5O4S. The number of ether oxygens (including phenoxy) is 2. The van der Waals surface area contributed by atoms with Crippen LogP contribution in [0.3, 0.4) is 0 Å². The number of amides is 2. The number of rotatable bonds is 7. The van der Waals surface area contributed by atoms with Crippen LogP contribution in [0.4, 0.5) is 11.4 Å². The molecule has 2 aromatic carbocycles. The third-order valence-electron chi connectivity index (χ3n) is 5.14. The van der Waals surface area contributed by atoms with Gasteiger partial charge in [0, 0.05) is 12.1 Å². The number of nitrogens with one attached hydrogen (secondary N) is 1. The van der Waals surface area contributed by atoms with Gasteiger partial charge in [-0.2, -0.15) is 0 Å². The number of para-hydroxylation sites is 2. The monoisotopic (exact) mass is 487 g/mol. The molecule has 4 rings (SSSR count). The van der Waals surface area contributed by atoms with Crippen LogP contribution in [-0.2, 0) is 16.6 Å². The highest BCUT2D eigenvalue weighted by atomic mass is 35.5. The van der Waals surface area contributed by atoms with E-state index in [0.29, 0.717) is 38.9 Å². The minimum absolute atomic E-state index is 0.0338. The van der Waals surface area contributed by atoms with E-state index in [-0.39, 0.29) is 30.2 Å². The van der Waals surface area contributed by atoms with Crippen LogP contribution in [0.1, 0.15) is 18.8 Å². The summed E-state index contributed by atoms with van der Waals surface area (Å²) < 4.78 is 12.6. The SMILES string of the molecule is COc1ccc(Cl)cc1NC(=O)CSc1nnc([C@H](C)N2C(=O)COc3ccccc32)n1C. The Labute approximate surface area is 200 Å². The maximum absolute atomic E-state index is 12.6. The van der Waals surface area contributed by atoms with Gasteiger partial charge >= 0.3 is 0 Å². The lowest BCUT2D eigenvalue weighted by Gasteiger charge is -2.33. The van der Waals surface area contributed by atoms with Gasteiger partial charge < -0.3 is 19.4 Å². The van der Waals surface area contributed by atoms with Crippen molar-refractivity contribution in [3.8, 4) is 11.5 Å². The molecule has 0 bridgehead atoms. The summed E-state index contributed by atoms with van der Waals surface area (Å²) in [4.78, 5) is 26.8. The second-order valence-electron chi connectivity index (χ2n) is 7.28. The number of thioether (sulfide) groups is 1. The summed E-state index contributed by atoms with van der Waals surface area (Å²) in [7, 11) is 3.33. The van der Waals surface area contributed by atoms with Crippen molar-refractivity contribution in [2.45, 2.75) is 18.1 Å². The van der Waals surface area contributed by atoms with Gasteiger partial charge in [0.1, 0.15) is 11.5 Å². The van der Waals surface area contributed by atoms with Crippen LogP contribution in [-0.4, -0.2) is 46.0 Å². The van der Waals surface area contributed by atoms with Crippen LogP contribution in [0.25, 0.3) is 0 Å². The van der Waals surface area contributed by atoms with Gasteiger partial charge in [-0.3, -0.25) is 14.5 Å². The fourth-order valence-electron chi connectivity index (χ4n) is 3.57. The summed E-state index contributed by atoms with van der Waals surface area (Å²) >= 11 is 7.26. The van der Waals surface area contributed by atoms with Crippen molar-refractivity contribution in [3.63, 3.8) is 0 Å². The lowest BCUT2D eigenvalue weighted by Crippen LogP contribution is -2.41. The molecule has 0 saturated carbocycles. The summed E-state index contributed by atoms with van der Waals surface area (Å²) in [6.45, 7) is 1.85. The smallest absolute Gasteiger partial charge is 0.265 e. The minimum Gasteiger partial charge on any atom is -0.495 e. The maximum atomic E-state index is 12.6. The summed E-state index contributed by atoms with van der Waals surface area (Å²) in [6, 6.07) is 12.0. The van der Waals surface area contributed by atoms with Gasteiger partial charge in [-0.15, -0.1) is 10.2 Å². The van der Waals surface area contributed by atoms with Gasteiger partial charge in [0.2, 0.25) is 5.91 Å². The van der Waals surface area contributed by atoms with E-state index < -0.39 is 0 Å². The van der Waals surface area contributed by atoms with Crippen LogP contribution >= 0.6 is 23.4 Å². The highest BCUT2D eigenvalue weighted by Crippen LogP contribution is 2.37. The predicted molar refractivity (Wildman–Crippen MR) is 126 cm³/mol. The first-order chi connectivity index (χ1) is 15.9. The molecule has 1 aromatic heterocycles. The van der Waals surface area contributed by atoms with Crippen LogP contribution in [0.15, 0.2) is 47.6 Å². The van der Waals surface area contributed by atoms with E-state index in [4.69, 9.17) is 21.1 Å². The number of fused-ring (bicyclic) bond motifs is 1. The van der Waals surface area contributed by atoms with E-state index in [1.54, 1.807) is 27.7 Å². The molecule has 3 aromatic rings. The van der Waals surface area contributed by atoms with Gasteiger partial charge in [-0.25, -0.2) is 0 Å². The summed E-state index contributed by atoms with van der Waals surface area (Å²) in [5, 5.41) is 12.3. The average molecular weight is 488 g/mol. The van der Waals surface area contributed by atoms with Gasteiger partial charge in [0.25, 0.3) is 5.91 Å². The number of anilines is 2. The number of methoxy groups -OCH3 is 1. The Morgan fingerprint density at radius 1 is 1.30 bits per heavy atom. The Bertz CT molecular complexity index is 1200. The lowest BCUT2D eigenvalue weighted by atomic mass is 10.1. The fraction of sp³-hybridized carbons (Fsp3) is 0.273. The molecule has 172 valence electrons. The fourth-order valence-corrected chi connectivity index (χ4v) is 4.46. The van der Waals surface area contributed by atoms with Crippen molar-refractivity contribution >= 4 is 46.6 Å². The molecule has 0 spiro atoms. The zero-order valence-electron chi connectivity index (χ0n) is 18.2. The summed E-state index contributed by atoms with van der Waals surface area (Å²) in [6.07, 6.45) is 0. The van der Waals surface area contributed by atoms with Crippen molar-refractivity contribution < 1.29 is 19.1 Å². The number of halogens is 1. The van der Waals surface area contributed by atoms with Crippen molar-refractivity contribution in [3.05, 3.63) is 53.3 Å². The minimum atomic E-state index is -0.376. The highest BCUT2D eigenvalue weighted by Gasteiger charge is 2.32. The summed E-state index contributed by atoms with van der Waals surface area (Å²) in [5.41, 5.74) is 1.18. The predicted octanol–water partition coefficient (Wildman–Crippen LogP) is 3.69. The van der Waals surface area contributed by atoms with Crippen molar-refractivity contribution in [1.29, 1.82) is 0 Å². The van der Waals surface area contributed by atoms with E-state index in [1.807, 2.05) is 38.2 Å². The van der Waals surface area contributed by atoms with Crippen molar-refractivity contribution in [2.24, 2.45) is 7.05 Å². The Kier molecular flexibility index (Phi) is 6.75. The number of hydrogen-bond acceptors (Lipinski definition) is 7. The van der Waals surface area contributed by atoms with Crippen LogP contribution < -0.4 is 19.7 Å². The topological polar surface area (TPSA) is 98.6 Å². The first-order valence-corrected chi connectivity index (χ1v) is 11.4. The highest BCUT2D eigenvalue weighted by molar-refractivity contribution is 7.99. The molecular weight excluding hydrogens is 466 g/mol. The third kappa shape index (κ3) is 4.76. The zero-order chi connectivity index (χ0) is 23.5. The van der Waals surface area contributed by atoms with Gasteiger partial charge in [-0.05, 0) is 37.3 Å². The van der Waals surface area contributed by atoms with E-state index in [9.17, 15) is 9.59 Å². The van der Waals surface area contributed by atoms with Crippen molar-refractivity contribution in [2.75, 3.05) is 29.7 Å². The first kappa shape index (κ1) is 22.9. The molecule has 2 heterocycles. The Hall–Kier alpha value is -3.24. The molecule has 0 fully saturated rings. The molecule has 2 amide bonds. The molecule has 1 aliphatic rings. The van der Waals surface area contributed by atoms with Crippen LogP contribution in [0.2, 0.25) is 5.02 Å². The van der Waals surface area contributed by atoms with Gasteiger partial charge in [0.15, 0.2) is 17.6 Å².